The van der Waals surface area contributed by atoms with Crippen LogP contribution in [0, 0.1) is 0 Å². The molecule has 1 aromatic rings. The third-order valence-corrected chi connectivity index (χ3v) is 1.07. The first kappa shape index (κ1) is 2.78. The Balaban J connectivity index is 3.13. The molecule has 0 saturated heterocycles. The number of nitrogens with zero attached hydrogens (tertiary/aromatic N) is 1. The van der Waals surface area contributed by atoms with Crippen LogP contribution in [0.4, 0.5) is 0 Å². The molecule has 2 nitrogen and oxygen atoms in total. The first-order chi connectivity index (χ1) is 2.50. The molecule has 0 aliphatic heterocycles. The second-order valence-electron chi connectivity index (χ2n) is 0.766. The van der Waals surface area contributed by atoms with Crippen molar-refractivity contribution in [3.8, 4) is 0 Å². The van der Waals surface area contributed by atoms with Gasteiger partial charge < -0.3 is 0 Å². The SMILES string of the molecule is c1n[nH]c[siH]1. The molecular formula is C2H4N2Si. The fraction of sp³-hybridized carbons (Fsp3) is 0. The van der Waals surface area contributed by atoms with E-state index in [1.165, 1.54) is 0 Å². The van der Waals surface area contributed by atoms with Gasteiger partial charge in [0, 0.05) is 5.81 Å². The van der Waals surface area contributed by atoms with Crippen molar-refractivity contribution in [3.63, 3.8) is 0 Å². The summed E-state index contributed by atoms with van der Waals surface area (Å²) in [4.78, 5) is 0. The molecular weight excluding hydrogens is 80.1 g/mol. The maximum Gasteiger partial charge on any atom is 0.0688 e. The van der Waals surface area contributed by atoms with Crippen molar-refractivity contribution in [2.45, 2.75) is 0 Å². The van der Waals surface area contributed by atoms with E-state index in [4.69, 9.17) is 0 Å². The average Bonchev–Trinajstić information content (AvgIpc) is 1.76. The molecule has 0 aliphatic carbocycles. The number of H-pyrrole nitrogens is 1. The minimum absolute atomic E-state index is 0.398. The molecule has 5 heavy (non-hydrogen) atoms. The highest BCUT2D eigenvalue weighted by Crippen LogP contribution is 1.52. The number of hydrogen-bond donors (Lipinski definition) is 1. The first-order valence-corrected chi connectivity index (χ1v) is 2.77. The number of aromatic nitrogens is 2. The minimum atomic E-state index is 0.398. The molecule has 1 rings (SSSR count). The number of nitrogens with one attached hydrogen (secondary N) is 1. The van der Waals surface area contributed by atoms with E-state index in [0.29, 0.717) is 9.12 Å². The van der Waals surface area contributed by atoms with Crippen LogP contribution in [0.1, 0.15) is 0 Å². The monoisotopic (exact) mass is 84.0 g/mol. The minimum Gasteiger partial charge on any atom is -0.291 e. The Hall–Kier alpha value is -0.443. The summed E-state index contributed by atoms with van der Waals surface area (Å²) in [6, 6.07) is 0. The number of hydrogen-bond acceptors (Lipinski definition) is 1. The maximum absolute atomic E-state index is 3.69. The fourth-order valence-corrected chi connectivity index (χ4v) is 0.645. The summed E-state index contributed by atoms with van der Waals surface area (Å²) in [6.07, 6.45) is 0. The summed E-state index contributed by atoms with van der Waals surface area (Å²) in [5.74, 6) is 3.88. The van der Waals surface area contributed by atoms with E-state index in [0.717, 1.165) is 0 Å². The molecule has 0 fully saturated rings. The van der Waals surface area contributed by atoms with Gasteiger partial charge in [-0.2, -0.15) is 5.10 Å². The Morgan fingerprint density at radius 3 is 3.00 bits per heavy atom. The third kappa shape index (κ3) is 0.415. The Morgan fingerprint density at radius 1 is 1.80 bits per heavy atom. The smallest absolute Gasteiger partial charge is 0.0688 e. The number of aromatic amines is 1. The van der Waals surface area contributed by atoms with Crippen LogP contribution in [-0.2, 0) is 0 Å². The van der Waals surface area contributed by atoms with Gasteiger partial charge in [0.15, 0.2) is 0 Å². The van der Waals surface area contributed by atoms with E-state index in [1.54, 1.807) is 0 Å². The summed E-state index contributed by atoms with van der Waals surface area (Å²) in [7, 11) is 0.398. The van der Waals surface area contributed by atoms with Gasteiger partial charge in [0.2, 0.25) is 0 Å². The Bertz CT molecular complexity index is 64.1. The van der Waals surface area contributed by atoms with E-state index < -0.39 is 0 Å². The Kier molecular flexibility index (Phi) is 0.622. The topological polar surface area (TPSA) is 28.7 Å². The Morgan fingerprint density at radius 2 is 2.80 bits per heavy atom. The second kappa shape index (κ2) is 1.12. The molecule has 0 aliphatic rings. The summed E-state index contributed by atoms with van der Waals surface area (Å²) in [6.45, 7) is 0. The highest BCUT2D eigenvalue weighted by atomic mass is 28.2. The molecule has 1 N–H and O–H groups in total. The van der Waals surface area contributed by atoms with Gasteiger partial charge in [-0.1, -0.05) is 0 Å². The maximum atomic E-state index is 3.69. The van der Waals surface area contributed by atoms with Crippen LogP contribution in [0.2, 0.25) is 0 Å². The molecule has 26 valence electrons. The molecule has 0 atom stereocenters. The zero-order valence-corrected chi connectivity index (χ0v) is 3.83. The highest BCUT2D eigenvalue weighted by molar-refractivity contribution is 6.25. The first-order valence-electron chi connectivity index (χ1n) is 1.44. The molecule has 1 heterocycles. The lowest BCUT2D eigenvalue weighted by atomic mass is 11.6. The largest absolute Gasteiger partial charge is 0.291 e. The zero-order chi connectivity index (χ0) is 3.54. The highest BCUT2D eigenvalue weighted by Gasteiger charge is 1.57. The summed E-state index contributed by atoms with van der Waals surface area (Å²) < 4.78 is 0. The van der Waals surface area contributed by atoms with Gasteiger partial charge in [-0.05, 0) is 5.81 Å². The molecule has 0 aromatic carbocycles. The fourth-order valence-electron chi connectivity index (χ4n) is 0.215. The molecule has 0 unspecified atom stereocenters. The van der Waals surface area contributed by atoms with Crippen molar-refractivity contribution in [2.24, 2.45) is 0 Å². The van der Waals surface area contributed by atoms with Crippen LogP contribution in [0.3, 0.4) is 0 Å². The van der Waals surface area contributed by atoms with E-state index >= 15 is 0 Å². The molecule has 3 heteroatoms. The molecule has 0 spiro atoms. The van der Waals surface area contributed by atoms with Crippen LogP contribution in [0.25, 0.3) is 0 Å². The van der Waals surface area contributed by atoms with E-state index in [9.17, 15) is 0 Å². The average molecular weight is 84.2 g/mol. The zero-order valence-electron chi connectivity index (χ0n) is 2.68. The van der Waals surface area contributed by atoms with Crippen molar-refractivity contribution in [3.05, 3.63) is 11.6 Å². The molecule has 1 aromatic heterocycles. The molecule has 0 amide bonds. The quantitative estimate of drug-likeness (QED) is 0.421. The lowest BCUT2D eigenvalue weighted by molar-refractivity contribution is 1.09. The van der Waals surface area contributed by atoms with Crippen molar-refractivity contribution in [1.29, 1.82) is 0 Å². The van der Waals surface area contributed by atoms with Gasteiger partial charge in [-0.3, -0.25) is 5.10 Å². The van der Waals surface area contributed by atoms with Crippen molar-refractivity contribution in [1.82, 2.24) is 10.2 Å². The Labute approximate surface area is 32.0 Å². The third-order valence-electron chi connectivity index (χ3n) is 0.406. The summed E-state index contributed by atoms with van der Waals surface area (Å²) in [5.41, 5.74) is 0. The molecule has 0 radical (unpaired) electrons. The van der Waals surface area contributed by atoms with Crippen LogP contribution in [0.5, 0.6) is 0 Å². The van der Waals surface area contributed by atoms with Gasteiger partial charge in [0.25, 0.3) is 0 Å². The van der Waals surface area contributed by atoms with E-state index in [-0.39, 0.29) is 0 Å². The van der Waals surface area contributed by atoms with E-state index in [1.807, 2.05) is 11.6 Å². The lowest BCUT2D eigenvalue weighted by Gasteiger charge is -1.50. The van der Waals surface area contributed by atoms with Crippen molar-refractivity contribution in [2.75, 3.05) is 0 Å². The summed E-state index contributed by atoms with van der Waals surface area (Å²) >= 11 is 0. The molecule has 0 saturated carbocycles. The standard InChI is InChI=1S/C2H4N2Si/c1-3-4-2-5-1/h1-3,5H. The predicted octanol–water partition coefficient (Wildman–Crippen LogP) is -0.520. The van der Waals surface area contributed by atoms with Crippen LogP contribution in [0.15, 0.2) is 11.6 Å². The predicted molar refractivity (Wildman–Crippen MR) is 21.3 cm³/mol. The van der Waals surface area contributed by atoms with Crippen LogP contribution in [-0.4, -0.2) is 19.3 Å². The van der Waals surface area contributed by atoms with Gasteiger partial charge >= 0.3 is 0 Å². The lowest BCUT2D eigenvalue weighted by Crippen LogP contribution is -1.53. The number of rotatable bonds is 0. The van der Waals surface area contributed by atoms with Gasteiger partial charge in [0.05, 0.1) is 9.12 Å². The van der Waals surface area contributed by atoms with Gasteiger partial charge in [-0.15, -0.1) is 0 Å². The van der Waals surface area contributed by atoms with Crippen molar-refractivity contribution >= 4 is 9.12 Å². The van der Waals surface area contributed by atoms with Gasteiger partial charge in [-0.25, -0.2) is 0 Å². The normalized spacial score (nSPS) is 8.00. The molecule has 0 bridgehead atoms. The second-order valence-corrected chi connectivity index (χ2v) is 1.78. The summed E-state index contributed by atoms with van der Waals surface area (Å²) in [5, 5.41) is 6.39. The van der Waals surface area contributed by atoms with E-state index in [2.05, 4.69) is 10.2 Å². The van der Waals surface area contributed by atoms with Crippen molar-refractivity contribution < 1.29 is 0 Å². The van der Waals surface area contributed by atoms with Crippen LogP contribution >= 0.6 is 0 Å². The van der Waals surface area contributed by atoms with Gasteiger partial charge in [0.1, 0.15) is 0 Å². The van der Waals surface area contributed by atoms with Crippen LogP contribution < -0.4 is 0 Å².